The quantitative estimate of drug-likeness (QED) is 0.0754. The Morgan fingerprint density at radius 2 is 1.57 bits per heavy atom. The topological polar surface area (TPSA) is 249 Å². The lowest BCUT2D eigenvalue weighted by Gasteiger charge is -2.36. The summed E-state index contributed by atoms with van der Waals surface area (Å²) in [6, 6.07) is 12.5. The SMILES string of the molecule is Cc1ncsc1-c1ccc(CNC(=O)[C@@H]2C[C@@H](O)CN2C(=O)[C@@H](NC(=O)CCCCCCC(=O)N2CCN(Cc3ccc(NC(=O)c4coc(N5CCOCC5)n4)c(N4CCC(C(N)=O)CC4)c3)CC2)C(C)(C)C)cc1. The van der Waals surface area contributed by atoms with Crippen LogP contribution in [0.25, 0.3) is 10.4 Å². The van der Waals surface area contributed by atoms with Crippen LogP contribution in [0.5, 0.6) is 0 Å². The molecule has 4 aliphatic heterocycles. The molecule has 2 aromatic heterocycles. The predicted molar refractivity (Wildman–Crippen MR) is 289 cm³/mol. The fourth-order valence-corrected chi connectivity index (χ4v) is 11.2. The van der Waals surface area contributed by atoms with Gasteiger partial charge in [-0.3, -0.25) is 33.7 Å². The van der Waals surface area contributed by atoms with Gasteiger partial charge in [-0.05, 0) is 66.8 Å². The van der Waals surface area contributed by atoms with Gasteiger partial charge in [-0.25, -0.2) is 4.98 Å². The van der Waals surface area contributed by atoms with Crippen molar-refractivity contribution in [1.29, 1.82) is 0 Å². The molecule has 0 bridgehead atoms. The fraction of sp³-hybridized carbons (Fsp3) is 0.564. The average molecular weight is 1070 g/mol. The number of oxazole rings is 1. The van der Waals surface area contributed by atoms with Gasteiger partial charge in [0.15, 0.2) is 5.69 Å². The maximum atomic E-state index is 14.1. The van der Waals surface area contributed by atoms with Crippen molar-refractivity contribution in [2.75, 3.05) is 87.2 Å². The summed E-state index contributed by atoms with van der Waals surface area (Å²) < 4.78 is 11.1. The number of piperidine rings is 1. The highest BCUT2D eigenvalue weighted by Gasteiger charge is 2.44. The molecule has 0 spiro atoms. The number of amides is 6. The first-order valence-electron chi connectivity index (χ1n) is 26.8. The number of carbonyl (C=O) groups excluding carboxylic acids is 6. The molecule has 4 fully saturated rings. The summed E-state index contributed by atoms with van der Waals surface area (Å²) in [4.78, 5) is 99.3. The Morgan fingerprint density at radius 1 is 0.868 bits per heavy atom. The number of aryl methyl sites for hydroxylation is 1. The number of aliphatic hydroxyl groups is 1. The number of morpholine rings is 1. The molecule has 6 heterocycles. The highest BCUT2D eigenvalue weighted by molar-refractivity contribution is 7.13. The van der Waals surface area contributed by atoms with E-state index in [1.54, 1.807) is 11.3 Å². The lowest BCUT2D eigenvalue weighted by molar-refractivity contribution is -0.144. The molecule has 6 amide bonds. The summed E-state index contributed by atoms with van der Waals surface area (Å²) >= 11 is 1.57. The Labute approximate surface area is 449 Å². The molecule has 8 rings (SSSR count). The molecule has 4 saturated heterocycles. The van der Waals surface area contributed by atoms with Gasteiger partial charge in [0.25, 0.3) is 11.9 Å². The van der Waals surface area contributed by atoms with E-state index in [0.29, 0.717) is 116 Å². The van der Waals surface area contributed by atoms with Crippen LogP contribution in [0.4, 0.5) is 17.4 Å². The monoisotopic (exact) mass is 1070 g/mol. The van der Waals surface area contributed by atoms with E-state index in [1.807, 2.05) is 79.4 Å². The van der Waals surface area contributed by atoms with Crippen LogP contribution in [0.15, 0.2) is 58.7 Å². The smallest absolute Gasteiger partial charge is 0.298 e. The second kappa shape index (κ2) is 25.6. The van der Waals surface area contributed by atoms with Gasteiger partial charge in [0, 0.05) is 97.2 Å². The van der Waals surface area contributed by atoms with Crippen molar-refractivity contribution in [2.45, 2.75) is 117 Å². The number of nitrogens with one attached hydrogen (secondary N) is 3. The van der Waals surface area contributed by atoms with Gasteiger partial charge in [0.1, 0.15) is 18.3 Å². The minimum absolute atomic E-state index is 0.00167. The molecule has 4 aliphatic rings. The Bertz CT molecular complexity index is 2650. The summed E-state index contributed by atoms with van der Waals surface area (Å²) in [5, 5.41) is 19.6. The van der Waals surface area contributed by atoms with Crippen LogP contribution in [0.2, 0.25) is 0 Å². The van der Waals surface area contributed by atoms with Gasteiger partial charge in [0.05, 0.1) is 46.8 Å². The van der Waals surface area contributed by atoms with Crippen molar-refractivity contribution in [3.8, 4) is 10.4 Å². The number of rotatable bonds is 20. The van der Waals surface area contributed by atoms with Crippen LogP contribution in [-0.2, 0) is 41.8 Å². The van der Waals surface area contributed by atoms with Crippen molar-refractivity contribution in [3.05, 3.63) is 76.8 Å². The van der Waals surface area contributed by atoms with E-state index in [2.05, 4.69) is 41.8 Å². The lowest BCUT2D eigenvalue weighted by Crippen LogP contribution is -2.57. The molecule has 20 nitrogen and oxygen atoms in total. The van der Waals surface area contributed by atoms with Gasteiger partial charge in [0.2, 0.25) is 29.5 Å². The zero-order valence-electron chi connectivity index (χ0n) is 44.4. The summed E-state index contributed by atoms with van der Waals surface area (Å²) in [5.41, 5.74) is 12.4. The van der Waals surface area contributed by atoms with E-state index in [-0.39, 0.29) is 67.1 Å². The Hall–Kier alpha value is -6.42. The number of primary amides is 1. The number of likely N-dealkylation sites (tertiary alicyclic amines) is 1. The Morgan fingerprint density at radius 3 is 2.24 bits per heavy atom. The van der Waals surface area contributed by atoms with Crippen LogP contribution in [0.1, 0.15) is 106 Å². The van der Waals surface area contributed by atoms with Gasteiger partial charge in [-0.15, -0.1) is 11.3 Å². The first-order chi connectivity index (χ1) is 36.5. The first kappa shape index (κ1) is 55.8. The predicted octanol–water partition coefficient (Wildman–Crippen LogP) is 4.69. The van der Waals surface area contributed by atoms with Crippen molar-refractivity contribution in [2.24, 2.45) is 17.1 Å². The molecule has 6 N–H and O–H groups in total. The molecule has 4 aromatic rings. The van der Waals surface area contributed by atoms with Crippen molar-refractivity contribution < 1.29 is 43.0 Å². The van der Waals surface area contributed by atoms with Crippen molar-refractivity contribution in [3.63, 3.8) is 0 Å². The van der Waals surface area contributed by atoms with Crippen LogP contribution in [0, 0.1) is 18.3 Å². The molecule has 0 saturated carbocycles. The number of hydrogen-bond donors (Lipinski definition) is 5. The van der Waals surface area contributed by atoms with Crippen molar-refractivity contribution >= 4 is 64.2 Å². The van der Waals surface area contributed by atoms with Gasteiger partial charge >= 0.3 is 0 Å². The zero-order chi connectivity index (χ0) is 53.9. The largest absolute Gasteiger partial charge is 0.431 e. The third-order valence-corrected chi connectivity index (χ3v) is 15.9. The van der Waals surface area contributed by atoms with E-state index >= 15 is 0 Å². The number of β-amino-alcohol motifs (C(OH)–C–C–N with tert-alkyl or cyclic N) is 1. The van der Waals surface area contributed by atoms with E-state index in [9.17, 15) is 33.9 Å². The molecule has 0 radical (unpaired) electrons. The minimum atomic E-state index is -0.903. The minimum Gasteiger partial charge on any atom is -0.431 e. The van der Waals surface area contributed by atoms with E-state index in [0.717, 1.165) is 45.8 Å². The second-order valence-electron chi connectivity index (χ2n) is 21.6. The normalized spacial score (nSPS) is 19.1. The van der Waals surface area contributed by atoms with E-state index < -0.39 is 29.5 Å². The first-order valence-corrected chi connectivity index (χ1v) is 27.7. The van der Waals surface area contributed by atoms with Gasteiger partial charge in [-0.2, -0.15) is 4.98 Å². The Balaban J connectivity index is 0.751. The van der Waals surface area contributed by atoms with Gasteiger partial charge in [-0.1, -0.05) is 63.9 Å². The number of ether oxygens (including phenoxy) is 1. The summed E-state index contributed by atoms with van der Waals surface area (Å²) in [6.07, 6.45) is 5.34. The highest BCUT2D eigenvalue weighted by atomic mass is 32.1. The van der Waals surface area contributed by atoms with E-state index in [1.165, 1.54) is 11.2 Å². The summed E-state index contributed by atoms with van der Waals surface area (Å²) in [5.74, 6) is -1.76. The molecule has 2 aromatic carbocycles. The summed E-state index contributed by atoms with van der Waals surface area (Å²) in [7, 11) is 0. The average Bonchev–Trinajstić information content (AvgIpc) is 4.19. The standard InChI is InChI=1S/C55H75N11O9S/c1-36-48(76-35-58-36)39-14-11-37(12-15-39)31-57-52(72)45-30-41(67)33-66(45)53(73)49(55(2,3)4)61-46(68)9-7-5-6-8-10-47(69)64-23-21-62(22-24-64)32-38-13-16-42(44(29-38)63-19-17-40(18-20-63)50(56)70)59-51(71)43-34-75-54(60-43)65-25-27-74-28-26-65/h11-16,29,34-35,40-41,45,49,67H,5-10,17-28,30-33H2,1-4H3,(H2,56,70)(H,57,72)(H,59,71)(H,61,68)/t41-,45+,49-/m1/s1. The fourth-order valence-electron chi connectivity index (χ4n) is 10.4. The van der Waals surface area contributed by atoms with Crippen LogP contribution < -0.4 is 31.5 Å². The molecule has 410 valence electrons. The van der Waals surface area contributed by atoms with Gasteiger partial charge < -0.3 is 55.5 Å². The second-order valence-corrected chi connectivity index (χ2v) is 22.5. The van der Waals surface area contributed by atoms with Crippen molar-refractivity contribution in [1.82, 2.24) is 35.3 Å². The zero-order valence-corrected chi connectivity index (χ0v) is 45.2. The molecule has 0 unspecified atom stereocenters. The molecule has 76 heavy (non-hydrogen) atoms. The lowest BCUT2D eigenvalue weighted by atomic mass is 9.85. The number of carbonyl (C=O) groups is 6. The molecular formula is C55H75N11O9S. The van der Waals surface area contributed by atoms with Crippen LogP contribution in [0.3, 0.4) is 0 Å². The number of unbranched alkanes of at least 4 members (excludes halogenated alkanes) is 3. The highest BCUT2D eigenvalue weighted by Crippen LogP contribution is 2.33. The number of hydrogen-bond acceptors (Lipinski definition) is 15. The molecule has 0 aliphatic carbocycles. The maximum absolute atomic E-state index is 14.1. The number of anilines is 3. The number of nitrogens with zero attached hydrogens (tertiary/aromatic N) is 7. The number of aliphatic hydroxyl groups excluding tert-OH is 1. The van der Waals surface area contributed by atoms with Crippen LogP contribution in [-0.4, -0.2) is 156 Å². The number of benzene rings is 2. The number of nitrogens with two attached hydrogens (primary N) is 1. The Kier molecular flexibility index (Phi) is 18.8. The number of piperazine rings is 1. The summed E-state index contributed by atoms with van der Waals surface area (Å²) in [6.45, 7) is 14.8. The third kappa shape index (κ3) is 14.5. The van der Waals surface area contributed by atoms with Crippen LogP contribution >= 0.6 is 11.3 Å². The molecule has 3 atom stereocenters. The maximum Gasteiger partial charge on any atom is 0.298 e. The number of aromatic nitrogens is 2. The third-order valence-electron chi connectivity index (χ3n) is 14.9. The molecule has 21 heteroatoms. The number of thiazole rings is 1. The molecular weight excluding hydrogens is 991 g/mol. The van der Waals surface area contributed by atoms with E-state index in [4.69, 9.17) is 14.9 Å².